The molecule has 2 rings (SSSR count). The van der Waals surface area contributed by atoms with Crippen molar-refractivity contribution in [2.75, 3.05) is 0 Å². The number of halogens is 3. The van der Waals surface area contributed by atoms with E-state index >= 15 is 0 Å². The zero-order chi connectivity index (χ0) is 15.3. The molecule has 0 radical (unpaired) electrons. The molecular formula is C8H12F3NO6S2. The van der Waals surface area contributed by atoms with Crippen LogP contribution >= 0.6 is 0 Å². The summed E-state index contributed by atoms with van der Waals surface area (Å²) in [7, 11) is -11.1. The average molecular weight is 339 g/mol. The molecule has 7 nitrogen and oxygen atoms in total. The number of hydrogen-bond acceptors (Lipinski definition) is 6. The Balaban J connectivity index is 2.03. The first-order chi connectivity index (χ1) is 8.91. The maximum absolute atomic E-state index is 12.1. The summed E-state index contributed by atoms with van der Waals surface area (Å²) in [5.74, 6) is -0.473. The summed E-state index contributed by atoms with van der Waals surface area (Å²) >= 11 is 0. The second kappa shape index (κ2) is 4.80. The first-order valence-electron chi connectivity index (χ1n) is 5.62. The maximum atomic E-state index is 12.1. The van der Waals surface area contributed by atoms with Gasteiger partial charge in [0.2, 0.25) is 0 Å². The number of aliphatic hydroxyl groups is 1. The van der Waals surface area contributed by atoms with Crippen LogP contribution in [0.2, 0.25) is 0 Å². The minimum absolute atomic E-state index is 0.165. The van der Waals surface area contributed by atoms with Gasteiger partial charge in [-0.25, -0.2) is 8.42 Å². The molecule has 2 saturated carbocycles. The van der Waals surface area contributed by atoms with Crippen molar-refractivity contribution < 1.29 is 39.3 Å². The first-order valence-corrected chi connectivity index (χ1v) is 8.51. The summed E-state index contributed by atoms with van der Waals surface area (Å²) in [4.78, 5) is 0. The van der Waals surface area contributed by atoms with Gasteiger partial charge in [-0.3, -0.25) is 4.18 Å². The Bertz CT molecular complexity index is 584. The Kier molecular flexibility index (Phi) is 3.83. The third-order valence-corrected chi connectivity index (χ3v) is 6.33. The van der Waals surface area contributed by atoms with Crippen LogP contribution in [-0.2, 0) is 24.5 Å². The van der Waals surface area contributed by atoms with E-state index in [4.69, 9.17) is 0 Å². The van der Waals surface area contributed by atoms with Crippen LogP contribution < -0.4 is 4.13 Å². The van der Waals surface area contributed by atoms with Crippen molar-refractivity contribution >= 4 is 20.3 Å². The molecule has 0 aromatic heterocycles. The van der Waals surface area contributed by atoms with E-state index in [-0.39, 0.29) is 24.7 Å². The van der Waals surface area contributed by atoms with Crippen molar-refractivity contribution in [1.82, 2.24) is 4.13 Å². The SMILES string of the molecule is O=S(=O)(NS(=O)(=O)C(F)(F)F)OC1CC2CC1CC2O. The minimum Gasteiger partial charge on any atom is -0.393 e. The molecule has 20 heavy (non-hydrogen) atoms. The van der Waals surface area contributed by atoms with E-state index in [1.165, 1.54) is 0 Å². The fourth-order valence-corrected chi connectivity index (χ4v) is 4.85. The summed E-state index contributed by atoms with van der Waals surface area (Å²) in [6.45, 7) is 0. The van der Waals surface area contributed by atoms with E-state index in [1.807, 2.05) is 0 Å². The van der Waals surface area contributed by atoms with Crippen LogP contribution in [0.25, 0.3) is 0 Å². The molecule has 0 amide bonds. The largest absolute Gasteiger partial charge is 0.512 e. The van der Waals surface area contributed by atoms with Gasteiger partial charge in [-0.05, 0) is 31.1 Å². The summed E-state index contributed by atoms with van der Waals surface area (Å²) in [6.07, 6.45) is -0.526. The van der Waals surface area contributed by atoms with Crippen molar-refractivity contribution in [2.45, 2.75) is 37.0 Å². The standard InChI is InChI=1S/C8H12F3NO6S2/c9-8(10,11)19(14,15)12-20(16,17)18-7-3-4-1-5(7)2-6(4)13/h4-7,12-13H,1-3H2. The van der Waals surface area contributed by atoms with E-state index in [1.54, 1.807) is 0 Å². The molecule has 12 heteroatoms. The molecule has 0 aromatic rings. The highest BCUT2D eigenvalue weighted by Gasteiger charge is 2.51. The van der Waals surface area contributed by atoms with Gasteiger partial charge >= 0.3 is 25.8 Å². The predicted octanol–water partition coefficient (Wildman–Crippen LogP) is -0.154. The van der Waals surface area contributed by atoms with Gasteiger partial charge in [0, 0.05) is 0 Å². The highest BCUT2D eigenvalue weighted by atomic mass is 32.3. The third-order valence-electron chi connectivity index (χ3n) is 3.52. The molecular weight excluding hydrogens is 327 g/mol. The number of hydrogen-bond donors (Lipinski definition) is 2. The Morgan fingerprint density at radius 2 is 1.65 bits per heavy atom. The Labute approximate surface area is 113 Å². The van der Waals surface area contributed by atoms with Crippen molar-refractivity contribution in [3.63, 3.8) is 0 Å². The first kappa shape index (κ1) is 15.9. The molecule has 0 spiro atoms. The smallest absolute Gasteiger partial charge is 0.393 e. The number of sulfonamides is 1. The number of fused-ring (bicyclic) bond motifs is 2. The Hall–Kier alpha value is -0.430. The molecule has 0 aliphatic heterocycles. The van der Waals surface area contributed by atoms with E-state index in [2.05, 4.69) is 4.18 Å². The quantitative estimate of drug-likeness (QED) is 0.737. The van der Waals surface area contributed by atoms with Crippen LogP contribution in [0.15, 0.2) is 0 Å². The molecule has 4 atom stereocenters. The Morgan fingerprint density at radius 3 is 2.05 bits per heavy atom. The lowest BCUT2D eigenvalue weighted by Gasteiger charge is -2.24. The molecule has 4 unspecified atom stereocenters. The lowest BCUT2D eigenvalue weighted by atomic mass is 9.95. The van der Waals surface area contributed by atoms with Crippen LogP contribution in [0, 0.1) is 11.8 Å². The van der Waals surface area contributed by atoms with Crippen LogP contribution in [-0.4, -0.2) is 39.7 Å². The molecule has 2 aliphatic carbocycles. The molecule has 2 aliphatic rings. The molecule has 2 bridgehead atoms. The molecule has 0 aromatic carbocycles. The van der Waals surface area contributed by atoms with Gasteiger partial charge in [-0.1, -0.05) is 4.13 Å². The van der Waals surface area contributed by atoms with Crippen molar-refractivity contribution in [3.8, 4) is 0 Å². The van der Waals surface area contributed by atoms with E-state index < -0.39 is 38.0 Å². The maximum Gasteiger partial charge on any atom is 0.512 e. The highest BCUT2D eigenvalue weighted by Crippen LogP contribution is 2.46. The monoisotopic (exact) mass is 339 g/mol. The molecule has 118 valence electrons. The lowest BCUT2D eigenvalue weighted by molar-refractivity contribution is -0.0443. The van der Waals surface area contributed by atoms with Crippen LogP contribution in [0.4, 0.5) is 13.2 Å². The number of rotatable bonds is 4. The van der Waals surface area contributed by atoms with Crippen LogP contribution in [0.1, 0.15) is 19.3 Å². The van der Waals surface area contributed by atoms with Crippen molar-refractivity contribution in [1.29, 1.82) is 0 Å². The number of aliphatic hydroxyl groups excluding tert-OH is 1. The van der Waals surface area contributed by atoms with Gasteiger partial charge in [0.1, 0.15) is 0 Å². The second-order valence-electron chi connectivity index (χ2n) is 4.92. The van der Waals surface area contributed by atoms with Gasteiger partial charge in [0.15, 0.2) is 0 Å². The van der Waals surface area contributed by atoms with E-state index in [9.17, 15) is 35.1 Å². The highest BCUT2D eigenvalue weighted by molar-refractivity contribution is 8.03. The van der Waals surface area contributed by atoms with Crippen molar-refractivity contribution in [3.05, 3.63) is 0 Å². The Morgan fingerprint density at radius 1 is 1.05 bits per heavy atom. The fourth-order valence-electron chi connectivity index (χ4n) is 2.67. The van der Waals surface area contributed by atoms with Gasteiger partial charge in [0.25, 0.3) is 0 Å². The molecule has 2 N–H and O–H groups in total. The van der Waals surface area contributed by atoms with Gasteiger partial charge in [-0.15, -0.1) is 0 Å². The summed E-state index contributed by atoms with van der Waals surface area (Å²) in [6, 6.07) is 0. The van der Waals surface area contributed by atoms with Gasteiger partial charge in [-0.2, -0.15) is 21.6 Å². The summed E-state index contributed by atoms with van der Waals surface area (Å²) in [5, 5.41) is 9.46. The van der Waals surface area contributed by atoms with Gasteiger partial charge in [0.05, 0.1) is 12.2 Å². The zero-order valence-electron chi connectivity index (χ0n) is 9.87. The van der Waals surface area contributed by atoms with Crippen LogP contribution in [0.3, 0.4) is 0 Å². The second-order valence-corrected chi connectivity index (χ2v) is 8.15. The van der Waals surface area contributed by atoms with Crippen molar-refractivity contribution in [2.24, 2.45) is 11.8 Å². The van der Waals surface area contributed by atoms with E-state index in [0.717, 1.165) is 0 Å². The van der Waals surface area contributed by atoms with Crippen LogP contribution in [0.5, 0.6) is 0 Å². The molecule has 2 fully saturated rings. The topological polar surface area (TPSA) is 110 Å². The fraction of sp³-hybridized carbons (Fsp3) is 1.00. The number of alkyl halides is 3. The lowest BCUT2D eigenvalue weighted by Crippen LogP contribution is -2.43. The minimum atomic E-state index is -6.03. The summed E-state index contributed by atoms with van der Waals surface area (Å²) in [5.41, 5.74) is -5.74. The molecule has 0 saturated heterocycles. The average Bonchev–Trinajstić information content (AvgIpc) is 2.71. The normalized spacial score (nSPS) is 34.6. The predicted molar refractivity (Wildman–Crippen MR) is 58.7 cm³/mol. The van der Waals surface area contributed by atoms with Gasteiger partial charge < -0.3 is 5.11 Å². The number of nitrogens with one attached hydrogen (secondary N) is 1. The van der Waals surface area contributed by atoms with E-state index in [0.29, 0.717) is 10.5 Å². The third kappa shape index (κ3) is 3.08. The zero-order valence-corrected chi connectivity index (χ0v) is 11.5. The summed E-state index contributed by atoms with van der Waals surface area (Å²) < 4.78 is 85.3. The molecule has 0 heterocycles.